The van der Waals surface area contributed by atoms with E-state index in [2.05, 4.69) is 4.98 Å². The van der Waals surface area contributed by atoms with Crippen LogP contribution in [0.5, 0.6) is 0 Å². The second-order valence-corrected chi connectivity index (χ2v) is 4.50. The van der Waals surface area contributed by atoms with Gasteiger partial charge in [-0.15, -0.1) is 0 Å². The van der Waals surface area contributed by atoms with E-state index in [9.17, 15) is 12.8 Å². The first kappa shape index (κ1) is 10.9. The number of pyridine rings is 1. The largest absolute Gasteiger partial charge is 0.326 e. The molecule has 0 aliphatic heterocycles. The van der Waals surface area contributed by atoms with Crippen molar-refractivity contribution in [3.63, 3.8) is 0 Å². The molecule has 14 heavy (non-hydrogen) atoms. The summed E-state index contributed by atoms with van der Waals surface area (Å²) in [5.74, 6) is -1.05. The Hall–Kier alpha value is -1.21. The minimum Gasteiger partial charge on any atom is -0.326 e. The smallest absolute Gasteiger partial charge is 0.231 e. The molecule has 0 radical (unpaired) electrons. The zero-order chi connectivity index (χ0) is 10.8. The molecule has 78 valence electrons. The highest BCUT2D eigenvalue weighted by atomic mass is 32.2. The van der Waals surface area contributed by atoms with Gasteiger partial charge in [-0.05, 0) is 11.6 Å². The molecule has 0 atom stereocenters. The first-order valence-electron chi connectivity index (χ1n) is 3.74. The summed E-state index contributed by atoms with van der Waals surface area (Å²) in [4.78, 5) is 3.59. The van der Waals surface area contributed by atoms with Gasteiger partial charge in [0.25, 0.3) is 0 Å². The number of hydrogen-bond donors (Lipinski definition) is 2. The predicted octanol–water partition coefficient (Wildman–Crippen LogP) is 0.0509. The Morgan fingerprint density at radius 1 is 1.64 bits per heavy atom. The Kier molecular flexibility index (Phi) is 3.02. The normalized spacial score (nSPS) is 11.4. The van der Waals surface area contributed by atoms with Crippen molar-refractivity contribution in [3.05, 3.63) is 23.6 Å². The van der Waals surface area contributed by atoms with Crippen LogP contribution in [0, 0.1) is 5.82 Å². The molecule has 3 N–H and O–H groups in total. The van der Waals surface area contributed by atoms with Crippen LogP contribution in [0.3, 0.4) is 0 Å². The van der Waals surface area contributed by atoms with Gasteiger partial charge in [0.05, 0.1) is 6.26 Å². The van der Waals surface area contributed by atoms with E-state index in [-0.39, 0.29) is 12.4 Å². The summed E-state index contributed by atoms with van der Waals surface area (Å²) in [5.41, 5.74) is 5.75. The molecule has 0 fully saturated rings. The monoisotopic (exact) mass is 219 g/mol. The van der Waals surface area contributed by atoms with Crippen LogP contribution in [0.25, 0.3) is 0 Å². The SMILES string of the molecule is CS(=O)(=O)Nc1ncc(CN)cc1F. The number of nitrogens with zero attached hydrogens (tertiary/aromatic N) is 1. The van der Waals surface area contributed by atoms with Crippen molar-refractivity contribution in [1.29, 1.82) is 0 Å². The Balaban J connectivity index is 3.01. The average molecular weight is 219 g/mol. The number of nitrogens with one attached hydrogen (secondary N) is 1. The molecule has 0 unspecified atom stereocenters. The quantitative estimate of drug-likeness (QED) is 0.752. The van der Waals surface area contributed by atoms with E-state index in [1.165, 1.54) is 6.20 Å². The topological polar surface area (TPSA) is 85.1 Å². The molecule has 1 aromatic rings. The maximum absolute atomic E-state index is 13.1. The van der Waals surface area contributed by atoms with Crippen molar-refractivity contribution >= 4 is 15.8 Å². The van der Waals surface area contributed by atoms with Crippen molar-refractivity contribution in [2.24, 2.45) is 5.73 Å². The predicted molar refractivity (Wildman–Crippen MR) is 50.6 cm³/mol. The minimum atomic E-state index is -3.50. The van der Waals surface area contributed by atoms with Gasteiger partial charge in [-0.1, -0.05) is 0 Å². The number of halogens is 1. The van der Waals surface area contributed by atoms with E-state index in [0.29, 0.717) is 5.56 Å². The van der Waals surface area contributed by atoms with E-state index in [0.717, 1.165) is 12.3 Å². The molecule has 0 aliphatic rings. The molecule has 5 nitrogen and oxygen atoms in total. The number of anilines is 1. The minimum absolute atomic E-state index is 0.156. The van der Waals surface area contributed by atoms with Crippen LogP contribution in [0.1, 0.15) is 5.56 Å². The van der Waals surface area contributed by atoms with Crippen LogP contribution in [-0.4, -0.2) is 19.7 Å². The molecule has 1 heterocycles. The molecule has 0 aromatic carbocycles. The van der Waals surface area contributed by atoms with Gasteiger partial charge < -0.3 is 5.73 Å². The molecule has 0 spiro atoms. The summed E-state index contributed by atoms with van der Waals surface area (Å²) in [7, 11) is -3.50. The van der Waals surface area contributed by atoms with E-state index in [4.69, 9.17) is 5.73 Å². The van der Waals surface area contributed by atoms with Crippen molar-refractivity contribution in [1.82, 2.24) is 4.98 Å². The van der Waals surface area contributed by atoms with Gasteiger partial charge in [-0.3, -0.25) is 4.72 Å². The van der Waals surface area contributed by atoms with Crippen LogP contribution in [0.2, 0.25) is 0 Å². The lowest BCUT2D eigenvalue weighted by Gasteiger charge is -2.04. The highest BCUT2D eigenvalue weighted by molar-refractivity contribution is 7.92. The average Bonchev–Trinajstić information content (AvgIpc) is 2.06. The van der Waals surface area contributed by atoms with E-state index < -0.39 is 15.8 Å². The molecular formula is C7H10FN3O2S. The van der Waals surface area contributed by atoms with Gasteiger partial charge in [0.1, 0.15) is 0 Å². The highest BCUT2D eigenvalue weighted by Gasteiger charge is 2.09. The second-order valence-electron chi connectivity index (χ2n) is 2.75. The number of rotatable bonds is 3. The lowest BCUT2D eigenvalue weighted by molar-refractivity contribution is 0.602. The zero-order valence-corrected chi connectivity index (χ0v) is 8.31. The highest BCUT2D eigenvalue weighted by Crippen LogP contribution is 2.12. The van der Waals surface area contributed by atoms with E-state index in [1.54, 1.807) is 0 Å². The first-order chi connectivity index (χ1) is 6.42. The molecule has 1 aromatic heterocycles. The summed E-state index contributed by atoms with van der Waals surface area (Å²) in [6, 6.07) is 1.14. The zero-order valence-electron chi connectivity index (χ0n) is 7.49. The third-order valence-electron chi connectivity index (χ3n) is 1.42. The van der Waals surface area contributed by atoms with Gasteiger partial charge in [0, 0.05) is 12.7 Å². The van der Waals surface area contributed by atoms with Gasteiger partial charge in [0.15, 0.2) is 11.6 Å². The van der Waals surface area contributed by atoms with Crippen LogP contribution in [0.15, 0.2) is 12.3 Å². The number of aromatic nitrogens is 1. The third kappa shape index (κ3) is 2.93. The van der Waals surface area contributed by atoms with Crippen molar-refractivity contribution in [2.75, 3.05) is 11.0 Å². The lowest BCUT2D eigenvalue weighted by atomic mass is 10.3. The molecule has 0 amide bonds. The summed E-state index contributed by atoms with van der Waals surface area (Å²) in [6.07, 6.45) is 2.24. The van der Waals surface area contributed by atoms with Crippen LogP contribution in [-0.2, 0) is 16.6 Å². The molecule has 0 saturated carbocycles. The summed E-state index contributed by atoms with van der Waals surface area (Å²) >= 11 is 0. The van der Waals surface area contributed by atoms with Gasteiger partial charge >= 0.3 is 0 Å². The van der Waals surface area contributed by atoms with E-state index >= 15 is 0 Å². The molecule has 0 aliphatic carbocycles. The second kappa shape index (κ2) is 3.89. The van der Waals surface area contributed by atoms with Gasteiger partial charge in [-0.25, -0.2) is 17.8 Å². The van der Waals surface area contributed by atoms with Crippen molar-refractivity contribution in [2.45, 2.75) is 6.54 Å². The van der Waals surface area contributed by atoms with Crippen molar-refractivity contribution < 1.29 is 12.8 Å². The fourth-order valence-corrected chi connectivity index (χ4v) is 1.34. The first-order valence-corrected chi connectivity index (χ1v) is 5.64. The fourth-order valence-electron chi connectivity index (χ4n) is 0.840. The Labute approximate surface area is 81.2 Å². The van der Waals surface area contributed by atoms with E-state index in [1.807, 2.05) is 4.72 Å². The molecule has 0 bridgehead atoms. The summed E-state index contributed by atoms with van der Waals surface area (Å²) < 4.78 is 36.6. The fraction of sp³-hybridized carbons (Fsp3) is 0.286. The van der Waals surface area contributed by atoms with Gasteiger partial charge in [-0.2, -0.15) is 0 Å². The number of nitrogens with two attached hydrogens (primary N) is 1. The summed E-state index contributed by atoms with van der Waals surface area (Å²) in [5, 5.41) is 0. The number of sulfonamides is 1. The molecular weight excluding hydrogens is 209 g/mol. The Morgan fingerprint density at radius 3 is 2.71 bits per heavy atom. The molecule has 0 saturated heterocycles. The van der Waals surface area contributed by atoms with Crippen molar-refractivity contribution in [3.8, 4) is 0 Å². The van der Waals surface area contributed by atoms with Crippen LogP contribution < -0.4 is 10.5 Å². The number of hydrogen-bond acceptors (Lipinski definition) is 4. The van der Waals surface area contributed by atoms with Crippen LogP contribution in [0.4, 0.5) is 10.2 Å². The standard InChI is InChI=1S/C7H10FN3O2S/c1-14(12,13)11-7-6(8)2-5(3-9)4-10-7/h2,4H,3,9H2,1H3,(H,10,11). The summed E-state index contributed by atoms with van der Waals surface area (Å²) in [6.45, 7) is 0.156. The molecule has 1 rings (SSSR count). The van der Waals surface area contributed by atoms with Gasteiger partial charge in [0.2, 0.25) is 10.0 Å². The lowest BCUT2D eigenvalue weighted by Crippen LogP contribution is -2.12. The molecule has 7 heteroatoms. The maximum Gasteiger partial charge on any atom is 0.231 e. The maximum atomic E-state index is 13.1. The third-order valence-corrected chi connectivity index (χ3v) is 1.98. The Morgan fingerprint density at radius 2 is 2.29 bits per heavy atom. The Bertz CT molecular complexity index is 433. The van der Waals surface area contributed by atoms with Crippen LogP contribution >= 0.6 is 0 Å².